The van der Waals surface area contributed by atoms with Gasteiger partial charge in [-0.15, -0.1) is 0 Å². The largest absolute Gasteiger partial charge is 0.481 e. The standard InChI is InChI=1S/C15H28N2O3/c1-5-12(11(3)4)16-14(20)17-9-7-15(6-2,8-10-17)13(18)19/h11-12H,5-10H2,1-4H3,(H,16,20)(H,18,19). The Kier molecular flexibility index (Phi) is 5.84. The van der Waals surface area contributed by atoms with E-state index in [0.717, 1.165) is 6.42 Å². The van der Waals surface area contributed by atoms with E-state index >= 15 is 0 Å². The minimum Gasteiger partial charge on any atom is -0.481 e. The van der Waals surface area contributed by atoms with Crippen LogP contribution in [0.25, 0.3) is 0 Å². The van der Waals surface area contributed by atoms with Crippen molar-refractivity contribution in [2.75, 3.05) is 13.1 Å². The Morgan fingerprint density at radius 1 is 1.25 bits per heavy atom. The number of nitrogens with one attached hydrogen (secondary N) is 1. The summed E-state index contributed by atoms with van der Waals surface area (Å²) in [7, 11) is 0. The molecule has 0 saturated carbocycles. The van der Waals surface area contributed by atoms with Crippen LogP contribution in [0.2, 0.25) is 0 Å². The van der Waals surface area contributed by atoms with Gasteiger partial charge in [0.25, 0.3) is 0 Å². The van der Waals surface area contributed by atoms with Gasteiger partial charge in [-0.3, -0.25) is 4.79 Å². The van der Waals surface area contributed by atoms with Gasteiger partial charge >= 0.3 is 12.0 Å². The maximum absolute atomic E-state index is 12.2. The Balaban J connectivity index is 2.57. The first-order valence-corrected chi connectivity index (χ1v) is 7.65. The van der Waals surface area contributed by atoms with Crippen LogP contribution >= 0.6 is 0 Å². The number of hydrogen-bond acceptors (Lipinski definition) is 2. The summed E-state index contributed by atoms with van der Waals surface area (Å²) in [6.07, 6.45) is 2.63. The summed E-state index contributed by atoms with van der Waals surface area (Å²) in [5, 5.41) is 12.4. The second-order valence-electron chi connectivity index (χ2n) is 6.13. The minimum absolute atomic E-state index is 0.0550. The molecule has 1 heterocycles. The van der Waals surface area contributed by atoms with Gasteiger partial charge in [0, 0.05) is 19.1 Å². The summed E-state index contributed by atoms with van der Waals surface area (Å²) < 4.78 is 0. The first-order chi connectivity index (χ1) is 9.36. The molecule has 0 aromatic rings. The second-order valence-corrected chi connectivity index (χ2v) is 6.13. The fourth-order valence-corrected chi connectivity index (χ4v) is 2.85. The van der Waals surface area contributed by atoms with Gasteiger partial charge in [-0.2, -0.15) is 0 Å². The zero-order valence-corrected chi connectivity index (χ0v) is 13.1. The Morgan fingerprint density at radius 2 is 1.80 bits per heavy atom. The predicted octanol–water partition coefficient (Wildman–Crippen LogP) is 2.71. The highest BCUT2D eigenvalue weighted by molar-refractivity contribution is 5.77. The van der Waals surface area contributed by atoms with Crippen LogP contribution in [0, 0.1) is 11.3 Å². The Labute approximate surface area is 121 Å². The van der Waals surface area contributed by atoms with E-state index < -0.39 is 11.4 Å². The lowest BCUT2D eigenvalue weighted by atomic mass is 9.76. The lowest BCUT2D eigenvalue weighted by Crippen LogP contribution is -2.52. The number of piperidine rings is 1. The molecule has 0 bridgehead atoms. The number of urea groups is 1. The number of rotatable bonds is 5. The molecule has 1 rings (SSSR count). The summed E-state index contributed by atoms with van der Waals surface area (Å²) >= 11 is 0. The van der Waals surface area contributed by atoms with E-state index in [1.54, 1.807) is 4.90 Å². The van der Waals surface area contributed by atoms with Crippen LogP contribution in [0.5, 0.6) is 0 Å². The molecule has 1 aliphatic rings. The number of carboxylic acids is 1. The first kappa shape index (κ1) is 16.8. The topological polar surface area (TPSA) is 69.6 Å². The lowest BCUT2D eigenvalue weighted by molar-refractivity contribution is -0.151. The SMILES string of the molecule is CCC(NC(=O)N1CCC(CC)(C(=O)O)CC1)C(C)C. The highest BCUT2D eigenvalue weighted by Crippen LogP contribution is 2.35. The van der Waals surface area contributed by atoms with Gasteiger partial charge in [0.05, 0.1) is 5.41 Å². The van der Waals surface area contributed by atoms with E-state index in [9.17, 15) is 14.7 Å². The number of carbonyl (C=O) groups excluding carboxylic acids is 1. The monoisotopic (exact) mass is 284 g/mol. The molecule has 1 unspecified atom stereocenters. The number of hydrogen-bond donors (Lipinski definition) is 2. The number of carbonyl (C=O) groups is 2. The Morgan fingerprint density at radius 3 is 2.15 bits per heavy atom. The number of likely N-dealkylation sites (tertiary alicyclic amines) is 1. The van der Waals surface area contributed by atoms with Crippen molar-refractivity contribution >= 4 is 12.0 Å². The molecule has 0 aromatic carbocycles. The van der Waals surface area contributed by atoms with Crippen LogP contribution in [-0.4, -0.2) is 41.1 Å². The van der Waals surface area contributed by atoms with Gasteiger partial charge in [0.2, 0.25) is 0 Å². The van der Waals surface area contributed by atoms with E-state index in [0.29, 0.717) is 38.3 Å². The molecular weight excluding hydrogens is 256 g/mol. The Hall–Kier alpha value is -1.26. The van der Waals surface area contributed by atoms with Gasteiger partial charge < -0.3 is 15.3 Å². The van der Waals surface area contributed by atoms with Crippen molar-refractivity contribution in [2.24, 2.45) is 11.3 Å². The average Bonchev–Trinajstić information content (AvgIpc) is 2.43. The average molecular weight is 284 g/mol. The summed E-state index contributed by atoms with van der Waals surface area (Å²) in [5.74, 6) is -0.323. The van der Waals surface area contributed by atoms with E-state index in [1.807, 2.05) is 6.92 Å². The molecule has 5 heteroatoms. The van der Waals surface area contributed by atoms with Gasteiger partial charge in [-0.1, -0.05) is 27.7 Å². The maximum atomic E-state index is 12.2. The molecule has 0 radical (unpaired) electrons. The normalized spacial score (nSPS) is 19.8. The van der Waals surface area contributed by atoms with Crippen molar-refractivity contribution in [1.82, 2.24) is 10.2 Å². The van der Waals surface area contributed by atoms with Gasteiger partial charge in [0.1, 0.15) is 0 Å². The fourth-order valence-electron chi connectivity index (χ4n) is 2.85. The molecule has 1 saturated heterocycles. The van der Waals surface area contributed by atoms with Crippen LogP contribution in [0.15, 0.2) is 0 Å². The smallest absolute Gasteiger partial charge is 0.317 e. The number of aliphatic carboxylic acids is 1. The molecule has 0 aliphatic carbocycles. The molecule has 116 valence electrons. The maximum Gasteiger partial charge on any atom is 0.317 e. The molecule has 2 amide bonds. The zero-order valence-electron chi connectivity index (χ0n) is 13.1. The first-order valence-electron chi connectivity index (χ1n) is 7.65. The molecule has 5 nitrogen and oxygen atoms in total. The molecular formula is C15H28N2O3. The second kappa shape index (κ2) is 6.95. The van der Waals surface area contributed by atoms with Crippen LogP contribution in [-0.2, 0) is 4.79 Å². The van der Waals surface area contributed by atoms with E-state index in [1.165, 1.54) is 0 Å². The lowest BCUT2D eigenvalue weighted by Gasteiger charge is -2.39. The highest BCUT2D eigenvalue weighted by atomic mass is 16.4. The van der Waals surface area contributed by atoms with Crippen LogP contribution in [0.1, 0.15) is 53.4 Å². The quantitative estimate of drug-likeness (QED) is 0.815. The third-order valence-electron chi connectivity index (χ3n) is 4.69. The van der Waals surface area contributed by atoms with Crippen molar-refractivity contribution in [3.8, 4) is 0 Å². The van der Waals surface area contributed by atoms with Crippen molar-refractivity contribution in [2.45, 2.75) is 59.4 Å². The molecule has 20 heavy (non-hydrogen) atoms. The molecule has 0 spiro atoms. The van der Waals surface area contributed by atoms with Gasteiger partial charge in [0.15, 0.2) is 0 Å². The number of amides is 2. The summed E-state index contributed by atoms with van der Waals surface area (Å²) in [5.41, 5.74) is -0.640. The van der Waals surface area contributed by atoms with Crippen molar-refractivity contribution in [3.05, 3.63) is 0 Å². The minimum atomic E-state index is -0.728. The molecule has 1 aliphatic heterocycles. The summed E-state index contributed by atoms with van der Waals surface area (Å²) in [4.78, 5) is 25.3. The van der Waals surface area contributed by atoms with Crippen molar-refractivity contribution in [3.63, 3.8) is 0 Å². The van der Waals surface area contributed by atoms with Crippen LogP contribution in [0.3, 0.4) is 0 Å². The van der Waals surface area contributed by atoms with Crippen molar-refractivity contribution < 1.29 is 14.7 Å². The van der Waals surface area contributed by atoms with E-state index in [4.69, 9.17) is 0 Å². The number of nitrogens with zero attached hydrogens (tertiary/aromatic N) is 1. The molecule has 1 atom stereocenters. The summed E-state index contributed by atoms with van der Waals surface area (Å²) in [6.45, 7) is 9.22. The van der Waals surface area contributed by atoms with E-state index in [2.05, 4.69) is 26.1 Å². The fraction of sp³-hybridized carbons (Fsp3) is 0.867. The van der Waals surface area contributed by atoms with Crippen LogP contribution < -0.4 is 5.32 Å². The molecule has 0 aromatic heterocycles. The molecule has 1 fully saturated rings. The molecule has 2 N–H and O–H groups in total. The Bertz CT molecular complexity index is 347. The van der Waals surface area contributed by atoms with E-state index in [-0.39, 0.29) is 12.1 Å². The van der Waals surface area contributed by atoms with Crippen molar-refractivity contribution in [1.29, 1.82) is 0 Å². The summed E-state index contributed by atoms with van der Waals surface area (Å²) in [6, 6.07) is 0.125. The van der Waals surface area contributed by atoms with Gasteiger partial charge in [-0.05, 0) is 31.6 Å². The van der Waals surface area contributed by atoms with Crippen LogP contribution in [0.4, 0.5) is 4.79 Å². The zero-order chi connectivity index (χ0) is 15.3. The predicted molar refractivity (Wildman–Crippen MR) is 78.6 cm³/mol. The van der Waals surface area contributed by atoms with Gasteiger partial charge in [-0.25, -0.2) is 4.79 Å². The number of carboxylic acid groups (broad SMARTS) is 1. The third kappa shape index (κ3) is 3.64. The highest BCUT2D eigenvalue weighted by Gasteiger charge is 2.40. The third-order valence-corrected chi connectivity index (χ3v) is 4.69.